The molecule has 0 aliphatic carbocycles. The van der Waals surface area contributed by atoms with E-state index in [0.717, 1.165) is 24.8 Å². The zero-order valence-electron chi connectivity index (χ0n) is 11.7. The number of non-ortho nitro benzene ring substituents is 1. The van der Waals surface area contributed by atoms with Crippen LogP contribution in [-0.2, 0) is 14.3 Å². The second-order valence-electron chi connectivity index (χ2n) is 5.61. The molecule has 112 valence electrons. The molecule has 2 saturated heterocycles. The summed E-state index contributed by atoms with van der Waals surface area (Å²) in [7, 11) is 1.39. The van der Waals surface area contributed by atoms with Gasteiger partial charge in [-0.2, -0.15) is 0 Å². The standard InChI is InChI=1S/C15H17NO5/c1-20-15(17)14-12(8-11-6-7-13(14)21-11)9-2-4-10(5-3-9)16(18)19/h2-5,11-14H,6-8H2,1H3/t11?,12-,13-,14+/m1/s1. The molecule has 0 spiro atoms. The number of nitro groups is 1. The fourth-order valence-electron chi connectivity index (χ4n) is 3.50. The van der Waals surface area contributed by atoms with Crippen molar-refractivity contribution < 1.29 is 19.2 Å². The second kappa shape index (κ2) is 5.44. The zero-order chi connectivity index (χ0) is 15.0. The highest BCUT2D eigenvalue weighted by Crippen LogP contribution is 2.45. The van der Waals surface area contributed by atoms with E-state index in [0.29, 0.717) is 0 Å². The summed E-state index contributed by atoms with van der Waals surface area (Å²) in [4.78, 5) is 22.4. The van der Waals surface area contributed by atoms with E-state index in [1.165, 1.54) is 19.2 Å². The molecule has 6 heteroatoms. The molecular formula is C15H17NO5. The molecule has 1 unspecified atom stereocenters. The highest BCUT2D eigenvalue weighted by atomic mass is 16.6. The van der Waals surface area contributed by atoms with E-state index in [1.807, 2.05) is 0 Å². The number of carbonyl (C=O) groups excluding carboxylic acids is 1. The smallest absolute Gasteiger partial charge is 0.311 e. The number of fused-ring (bicyclic) bond motifs is 2. The van der Waals surface area contributed by atoms with Gasteiger partial charge in [-0.25, -0.2) is 0 Å². The Labute approximate surface area is 122 Å². The summed E-state index contributed by atoms with van der Waals surface area (Å²) in [6.45, 7) is 0. The lowest BCUT2D eigenvalue weighted by Crippen LogP contribution is -2.39. The van der Waals surface area contributed by atoms with Crippen molar-refractivity contribution in [2.45, 2.75) is 37.4 Å². The number of hydrogen-bond acceptors (Lipinski definition) is 5. The number of ether oxygens (including phenoxy) is 2. The van der Waals surface area contributed by atoms with Gasteiger partial charge in [0.2, 0.25) is 0 Å². The summed E-state index contributed by atoms with van der Waals surface area (Å²) in [5.41, 5.74) is 1.000. The zero-order valence-corrected chi connectivity index (χ0v) is 11.7. The fourth-order valence-corrected chi connectivity index (χ4v) is 3.50. The molecule has 3 rings (SSSR count). The molecule has 2 aliphatic heterocycles. The Balaban J connectivity index is 1.90. The first-order valence-electron chi connectivity index (χ1n) is 7.08. The molecule has 1 aromatic carbocycles. The van der Waals surface area contributed by atoms with Crippen LogP contribution in [-0.4, -0.2) is 30.2 Å². The van der Waals surface area contributed by atoms with Gasteiger partial charge in [-0.15, -0.1) is 0 Å². The van der Waals surface area contributed by atoms with Gasteiger partial charge in [0.1, 0.15) is 0 Å². The van der Waals surface area contributed by atoms with Crippen LogP contribution in [0.25, 0.3) is 0 Å². The predicted molar refractivity (Wildman–Crippen MR) is 73.9 cm³/mol. The summed E-state index contributed by atoms with van der Waals surface area (Å²) in [5, 5.41) is 10.7. The highest BCUT2D eigenvalue weighted by molar-refractivity contribution is 5.74. The molecule has 21 heavy (non-hydrogen) atoms. The van der Waals surface area contributed by atoms with Gasteiger partial charge >= 0.3 is 5.97 Å². The Morgan fingerprint density at radius 2 is 2.05 bits per heavy atom. The second-order valence-corrected chi connectivity index (χ2v) is 5.61. The summed E-state index contributed by atoms with van der Waals surface area (Å²) in [6, 6.07) is 6.45. The van der Waals surface area contributed by atoms with Crippen LogP contribution in [0.1, 0.15) is 30.7 Å². The predicted octanol–water partition coefficient (Wildman–Crippen LogP) is 2.42. The minimum atomic E-state index is -0.421. The number of esters is 1. The molecule has 0 radical (unpaired) electrons. The van der Waals surface area contributed by atoms with Gasteiger partial charge in [-0.1, -0.05) is 12.1 Å². The lowest BCUT2D eigenvalue weighted by atomic mass is 9.79. The van der Waals surface area contributed by atoms with Crippen LogP contribution < -0.4 is 0 Å². The topological polar surface area (TPSA) is 78.7 Å². The summed E-state index contributed by atoms with van der Waals surface area (Å²) in [6.07, 6.45) is 2.66. The molecular weight excluding hydrogens is 274 g/mol. The van der Waals surface area contributed by atoms with E-state index >= 15 is 0 Å². The van der Waals surface area contributed by atoms with E-state index in [-0.39, 0.29) is 35.7 Å². The summed E-state index contributed by atoms with van der Waals surface area (Å²) < 4.78 is 10.8. The average molecular weight is 291 g/mol. The number of nitrogens with zero attached hydrogens (tertiary/aromatic N) is 1. The highest BCUT2D eigenvalue weighted by Gasteiger charge is 2.47. The van der Waals surface area contributed by atoms with Crippen LogP contribution in [0.2, 0.25) is 0 Å². The van der Waals surface area contributed by atoms with Crippen molar-refractivity contribution in [3.8, 4) is 0 Å². The minimum Gasteiger partial charge on any atom is -0.469 e. The maximum absolute atomic E-state index is 12.1. The van der Waals surface area contributed by atoms with Crippen molar-refractivity contribution >= 4 is 11.7 Å². The number of rotatable bonds is 3. The number of hydrogen-bond donors (Lipinski definition) is 0. The van der Waals surface area contributed by atoms with Gasteiger partial charge in [0.15, 0.2) is 0 Å². The number of benzene rings is 1. The Morgan fingerprint density at radius 1 is 1.33 bits per heavy atom. The molecule has 2 aliphatic rings. The van der Waals surface area contributed by atoms with Crippen molar-refractivity contribution in [3.05, 3.63) is 39.9 Å². The normalized spacial score (nSPS) is 30.9. The molecule has 6 nitrogen and oxygen atoms in total. The average Bonchev–Trinajstić information content (AvgIpc) is 2.88. The van der Waals surface area contributed by atoms with Gasteiger partial charge in [0.05, 0.1) is 30.2 Å². The first-order chi connectivity index (χ1) is 10.1. The lowest BCUT2D eigenvalue weighted by molar-refractivity contribution is -0.384. The quantitative estimate of drug-likeness (QED) is 0.485. The van der Waals surface area contributed by atoms with E-state index in [4.69, 9.17) is 9.47 Å². The van der Waals surface area contributed by atoms with Crippen molar-refractivity contribution in [3.63, 3.8) is 0 Å². The Hall–Kier alpha value is -1.95. The third-order valence-electron chi connectivity index (χ3n) is 4.50. The van der Waals surface area contributed by atoms with Crippen molar-refractivity contribution in [2.75, 3.05) is 7.11 Å². The van der Waals surface area contributed by atoms with Gasteiger partial charge in [0.25, 0.3) is 5.69 Å². The van der Waals surface area contributed by atoms with Gasteiger partial charge in [-0.3, -0.25) is 14.9 Å². The molecule has 0 saturated carbocycles. The molecule has 1 aromatic rings. The molecule has 0 amide bonds. The monoisotopic (exact) mass is 291 g/mol. The Morgan fingerprint density at radius 3 is 2.67 bits per heavy atom. The molecule has 0 N–H and O–H groups in total. The van der Waals surface area contributed by atoms with Crippen molar-refractivity contribution in [1.82, 2.24) is 0 Å². The minimum absolute atomic E-state index is 0.00417. The molecule has 2 fully saturated rings. The third-order valence-corrected chi connectivity index (χ3v) is 4.50. The van der Waals surface area contributed by atoms with Gasteiger partial charge < -0.3 is 9.47 Å². The van der Waals surface area contributed by atoms with E-state index in [9.17, 15) is 14.9 Å². The van der Waals surface area contributed by atoms with Crippen LogP contribution in [0, 0.1) is 16.0 Å². The number of nitro benzene ring substituents is 1. The van der Waals surface area contributed by atoms with Gasteiger partial charge in [0, 0.05) is 18.1 Å². The number of methoxy groups -OCH3 is 1. The molecule has 2 bridgehead atoms. The maximum atomic E-state index is 12.1. The Kier molecular flexibility index (Phi) is 3.63. The van der Waals surface area contributed by atoms with Crippen molar-refractivity contribution in [2.24, 2.45) is 5.92 Å². The molecule has 0 aromatic heterocycles. The first kappa shape index (κ1) is 14.0. The maximum Gasteiger partial charge on any atom is 0.311 e. The SMILES string of the molecule is COC(=O)[C@H]1[C@@H](c2ccc([N+](=O)[O-])cc2)CC2CC[C@H]1O2. The summed E-state index contributed by atoms with van der Waals surface area (Å²) in [5.74, 6) is -0.580. The van der Waals surface area contributed by atoms with Crippen LogP contribution in [0.3, 0.4) is 0 Å². The largest absolute Gasteiger partial charge is 0.469 e. The molecule has 4 atom stereocenters. The van der Waals surface area contributed by atoms with Crippen LogP contribution in [0.4, 0.5) is 5.69 Å². The van der Waals surface area contributed by atoms with Crippen LogP contribution >= 0.6 is 0 Å². The molecule has 2 heterocycles. The van der Waals surface area contributed by atoms with Gasteiger partial charge in [-0.05, 0) is 24.8 Å². The van der Waals surface area contributed by atoms with Crippen LogP contribution in [0.5, 0.6) is 0 Å². The Bertz CT molecular complexity index is 556. The third kappa shape index (κ3) is 2.51. The summed E-state index contributed by atoms with van der Waals surface area (Å²) >= 11 is 0. The van der Waals surface area contributed by atoms with E-state index in [1.54, 1.807) is 12.1 Å². The first-order valence-corrected chi connectivity index (χ1v) is 7.08. The van der Waals surface area contributed by atoms with E-state index in [2.05, 4.69) is 0 Å². The number of carbonyl (C=O) groups is 1. The van der Waals surface area contributed by atoms with E-state index < -0.39 is 4.92 Å². The van der Waals surface area contributed by atoms with Crippen LogP contribution in [0.15, 0.2) is 24.3 Å². The lowest BCUT2D eigenvalue weighted by Gasteiger charge is -2.35. The fraction of sp³-hybridized carbons (Fsp3) is 0.533. The van der Waals surface area contributed by atoms with Crippen molar-refractivity contribution in [1.29, 1.82) is 0 Å².